The Morgan fingerprint density at radius 2 is 1.77 bits per heavy atom. The van der Waals surface area contributed by atoms with E-state index in [4.69, 9.17) is 21.1 Å². The van der Waals surface area contributed by atoms with E-state index in [1.54, 1.807) is 30.3 Å². The van der Waals surface area contributed by atoms with Gasteiger partial charge in [0.2, 0.25) is 0 Å². The van der Waals surface area contributed by atoms with Gasteiger partial charge in [-0.15, -0.1) is 0 Å². The molecular weight excluding hydrogens is 440 g/mol. The molecule has 0 bridgehead atoms. The number of sulfonamides is 1. The first-order valence-electron chi connectivity index (χ1n) is 9.54. The molecule has 3 aromatic carbocycles. The summed E-state index contributed by atoms with van der Waals surface area (Å²) in [6.07, 6.45) is 0.856. The molecular formula is C22H19ClN2O5S. The van der Waals surface area contributed by atoms with Crippen molar-refractivity contribution in [1.82, 2.24) is 0 Å². The van der Waals surface area contributed by atoms with Crippen LogP contribution in [0.2, 0.25) is 5.02 Å². The van der Waals surface area contributed by atoms with E-state index in [-0.39, 0.29) is 16.1 Å². The summed E-state index contributed by atoms with van der Waals surface area (Å²) in [5.74, 6) is 0.906. The van der Waals surface area contributed by atoms with E-state index in [2.05, 4.69) is 10.0 Å². The Bertz CT molecular complexity index is 1240. The second-order valence-electron chi connectivity index (χ2n) is 6.83. The molecule has 0 spiro atoms. The van der Waals surface area contributed by atoms with E-state index < -0.39 is 15.9 Å². The summed E-state index contributed by atoms with van der Waals surface area (Å²) in [6.45, 7) is 2.54. The van der Waals surface area contributed by atoms with Crippen LogP contribution in [0.1, 0.15) is 23.7 Å². The van der Waals surface area contributed by atoms with E-state index >= 15 is 0 Å². The van der Waals surface area contributed by atoms with Crippen molar-refractivity contribution < 1.29 is 22.7 Å². The summed E-state index contributed by atoms with van der Waals surface area (Å²) in [5, 5.41) is 3.18. The first kappa shape index (κ1) is 21.0. The van der Waals surface area contributed by atoms with Crippen molar-refractivity contribution >= 4 is 38.9 Å². The monoisotopic (exact) mass is 458 g/mol. The van der Waals surface area contributed by atoms with Crippen LogP contribution in [0.4, 0.5) is 11.4 Å². The maximum atomic E-state index is 12.8. The molecule has 1 aliphatic heterocycles. The van der Waals surface area contributed by atoms with Gasteiger partial charge in [-0.1, -0.05) is 18.5 Å². The van der Waals surface area contributed by atoms with Crippen molar-refractivity contribution in [3.63, 3.8) is 0 Å². The molecule has 7 nitrogen and oxygen atoms in total. The largest absolute Gasteiger partial charge is 0.494 e. The van der Waals surface area contributed by atoms with E-state index in [1.165, 1.54) is 30.3 Å². The number of benzene rings is 3. The lowest BCUT2D eigenvalue weighted by Crippen LogP contribution is -2.15. The number of amides is 1. The Hall–Kier alpha value is -3.23. The van der Waals surface area contributed by atoms with E-state index in [0.717, 1.165) is 6.42 Å². The van der Waals surface area contributed by atoms with Gasteiger partial charge in [0.15, 0.2) is 5.75 Å². The average Bonchev–Trinajstić information content (AvgIpc) is 2.88. The number of anilines is 2. The van der Waals surface area contributed by atoms with Crippen LogP contribution in [0.3, 0.4) is 0 Å². The zero-order valence-electron chi connectivity index (χ0n) is 16.5. The number of halogens is 1. The maximum Gasteiger partial charge on any atom is 0.261 e. The Morgan fingerprint density at radius 3 is 2.52 bits per heavy atom. The first-order valence-corrected chi connectivity index (χ1v) is 11.4. The molecule has 0 radical (unpaired) electrons. The number of nitrogens with one attached hydrogen (secondary N) is 2. The van der Waals surface area contributed by atoms with Crippen LogP contribution in [0.25, 0.3) is 0 Å². The fourth-order valence-electron chi connectivity index (χ4n) is 3.01. The third-order valence-corrected chi connectivity index (χ3v) is 6.13. The molecule has 31 heavy (non-hydrogen) atoms. The molecule has 0 saturated carbocycles. The van der Waals surface area contributed by atoms with Gasteiger partial charge < -0.3 is 14.8 Å². The number of carbonyl (C=O) groups excluding carboxylic acids is 1. The van der Waals surface area contributed by atoms with Gasteiger partial charge in [0.1, 0.15) is 11.5 Å². The molecule has 1 amide bonds. The number of ether oxygens (including phenoxy) is 2. The van der Waals surface area contributed by atoms with Gasteiger partial charge in [0, 0.05) is 10.7 Å². The van der Waals surface area contributed by atoms with Crippen LogP contribution < -0.4 is 19.5 Å². The lowest BCUT2D eigenvalue weighted by Gasteiger charge is -2.12. The lowest BCUT2D eigenvalue weighted by atomic mass is 10.1. The molecule has 1 heterocycles. The average molecular weight is 459 g/mol. The summed E-state index contributed by atoms with van der Waals surface area (Å²) >= 11 is 5.99. The van der Waals surface area contributed by atoms with Crippen molar-refractivity contribution in [3.05, 3.63) is 71.2 Å². The maximum absolute atomic E-state index is 12.8. The number of fused-ring (bicyclic) bond motifs is 2. The van der Waals surface area contributed by atoms with Crippen molar-refractivity contribution in [1.29, 1.82) is 0 Å². The van der Waals surface area contributed by atoms with Gasteiger partial charge in [0.25, 0.3) is 15.9 Å². The van der Waals surface area contributed by atoms with Gasteiger partial charge in [-0.2, -0.15) is 0 Å². The zero-order valence-corrected chi connectivity index (χ0v) is 18.1. The number of rotatable bonds is 6. The summed E-state index contributed by atoms with van der Waals surface area (Å²) in [6, 6.07) is 15.5. The fraction of sp³-hybridized carbons (Fsp3) is 0.136. The van der Waals surface area contributed by atoms with Crippen LogP contribution >= 0.6 is 11.6 Å². The Kier molecular flexibility index (Phi) is 5.75. The third-order valence-electron chi connectivity index (χ3n) is 4.49. The van der Waals surface area contributed by atoms with E-state index in [0.29, 0.717) is 34.6 Å². The molecule has 0 aliphatic carbocycles. The van der Waals surface area contributed by atoms with Crippen LogP contribution in [0.5, 0.6) is 17.2 Å². The number of hydrogen-bond donors (Lipinski definition) is 2. The molecule has 0 fully saturated rings. The molecule has 1 aliphatic rings. The van der Waals surface area contributed by atoms with Crippen molar-refractivity contribution in [2.24, 2.45) is 0 Å². The molecule has 0 aromatic heterocycles. The Balaban J connectivity index is 1.57. The number of carbonyl (C=O) groups is 1. The molecule has 2 N–H and O–H groups in total. The predicted octanol–water partition coefficient (Wildman–Crippen LogP) is 5.29. The minimum atomic E-state index is -3.86. The molecule has 0 unspecified atom stereocenters. The van der Waals surface area contributed by atoms with Crippen LogP contribution in [-0.4, -0.2) is 20.9 Å². The zero-order chi connectivity index (χ0) is 22.0. The van der Waals surface area contributed by atoms with Crippen LogP contribution in [0.15, 0.2) is 65.6 Å². The lowest BCUT2D eigenvalue weighted by molar-refractivity contribution is 0.102. The second kappa shape index (κ2) is 8.49. The highest BCUT2D eigenvalue weighted by Gasteiger charge is 2.23. The molecule has 160 valence electrons. The van der Waals surface area contributed by atoms with Gasteiger partial charge in [-0.25, -0.2) is 8.42 Å². The van der Waals surface area contributed by atoms with Gasteiger partial charge >= 0.3 is 0 Å². The number of hydrogen-bond acceptors (Lipinski definition) is 5. The molecule has 9 heteroatoms. The minimum absolute atomic E-state index is 0.0778. The predicted molar refractivity (Wildman–Crippen MR) is 119 cm³/mol. The van der Waals surface area contributed by atoms with Crippen LogP contribution in [-0.2, 0) is 10.0 Å². The van der Waals surface area contributed by atoms with Crippen molar-refractivity contribution in [3.8, 4) is 17.2 Å². The molecule has 0 saturated heterocycles. The third kappa shape index (κ3) is 4.60. The first-order chi connectivity index (χ1) is 14.9. The molecule has 0 atom stereocenters. The summed E-state index contributed by atoms with van der Waals surface area (Å²) < 4.78 is 39.3. The van der Waals surface area contributed by atoms with E-state index in [1.807, 2.05) is 6.92 Å². The van der Waals surface area contributed by atoms with Gasteiger partial charge in [-0.05, 0) is 67.1 Å². The van der Waals surface area contributed by atoms with Crippen molar-refractivity contribution in [2.45, 2.75) is 18.2 Å². The topological polar surface area (TPSA) is 93.7 Å². The molecule has 3 aromatic rings. The fourth-order valence-corrected chi connectivity index (χ4v) is 4.23. The van der Waals surface area contributed by atoms with E-state index in [9.17, 15) is 13.2 Å². The second-order valence-corrected chi connectivity index (χ2v) is 8.95. The standard InChI is InChI=1S/C22H19ClN2O5S/c1-2-11-29-16-5-7-17(8-6-16)31(27,28)25-15-4-10-20-18(13-15)22(26)24-19-12-14(23)3-9-21(19)30-20/h3-10,12-13,25H,2,11H2,1H3,(H,24,26). The summed E-state index contributed by atoms with van der Waals surface area (Å²) in [4.78, 5) is 12.7. The van der Waals surface area contributed by atoms with Crippen molar-refractivity contribution in [2.75, 3.05) is 16.6 Å². The Labute approximate surface area is 185 Å². The Morgan fingerprint density at radius 1 is 1.03 bits per heavy atom. The SMILES string of the molecule is CCCOc1ccc(S(=O)(=O)Nc2ccc3c(c2)C(=O)Nc2cc(Cl)ccc2O3)cc1. The van der Waals surface area contributed by atoms with Gasteiger partial charge in [0.05, 0.1) is 22.8 Å². The minimum Gasteiger partial charge on any atom is -0.494 e. The van der Waals surface area contributed by atoms with Gasteiger partial charge in [-0.3, -0.25) is 9.52 Å². The van der Waals surface area contributed by atoms with Crippen LogP contribution in [0, 0.1) is 0 Å². The normalized spacial score (nSPS) is 12.6. The highest BCUT2D eigenvalue weighted by atomic mass is 35.5. The quantitative estimate of drug-likeness (QED) is 0.523. The highest BCUT2D eigenvalue weighted by Crippen LogP contribution is 2.38. The molecule has 4 rings (SSSR count). The smallest absolute Gasteiger partial charge is 0.261 e. The highest BCUT2D eigenvalue weighted by molar-refractivity contribution is 7.92. The summed E-state index contributed by atoms with van der Waals surface area (Å²) in [7, 11) is -3.86. The summed E-state index contributed by atoms with van der Waals surface area (Å²) in [5.41, 5.74) is 0.852.